The molecule has 0 spiro atoms. The van der Waals surface area contributed by atoms with E-state index in [-0.39, 0.29) is 17.9 Å². The molecule has 0 radical (unpaired) electrons. The summed E-state index contributed by atoms with van der Waals surface area (Å²) >= 11 is 5.86. The van der Waals surface area contributed by atoms with Crippen LogP contribution in [0, 0.1) is 0 Å². The van der Waals surface area contributed by atoms with Crippen LogP contribution in [0.5, 0.6) is 0 Å². The van der Waals surface area contributed by atoms with Gasteiger partial charge in [-0.3, -0.25) is 14.5 Å². The van der Waals surface area contributed by atoms with Crippen molar-refractivity contribution in [2.24, 2.45) is 0 Å². The maximum absolute atomic E-state index is 12.1. The van der Waals surface area contributed by atoms with Gasteiger partial charge >= 0.3 is 0 Å². The van der Waals surface area contributed by atoms with Crippen molar-refractivity contribution >= 4 is 23.4 Å². The van der Waals surface area contributed by atoms with E-state index >= 15 is 0 Å². The molecule has 0 saturated carbocycles. The van der Waals surface area contributed by atoms with Crippen LogP contribution in [0.2, 0.25) is 5.02 Å². The van der Waals surface area contributed by atoms with Crippen LogP contribution in [0.1, 0.15) is 31.7 Å². The van der Waals surface area contributed by atoms with E-state index in [1.807, 2.05) is 31.3 Å². The zero-order valence-corrected chi connectivity index (χ0v) is 15.1. The highest BCUT2D eigenvalue weighted by molar-refractivity contribution is 6.30. The molecule has 1 heterocycles. The molecule has 0 aromatic heterocycles. The maximum atomic E-state index is 12.1. The molecule has 1 saturated heterocycles. The van der Waals surface area contributed by atoms with E-state index in [0.29, 0.717) is 25.6 Å². The fourth-order valence-corrected chi connectivity index (χ4v) is 3.25. The van der Waals surface area contributed by atoms with E-state index in [2.05, 4.69) is 15.5 Å². The Morgan fingerprint density at radius 2 is 1.83 bits per heavy atom. The molecule has 0 aliphatic carbocycles. The predicted octanol–water partition coefficient (Wildman–Crippen LogP) is 1.99. The van der Waals surface area contributed by atoms with Crippen LogP contribution in [0.15, 0.2) is 24.3 Å². The molecule has 2 amide bonds. The number of rotatable bonds is 7. The first kappa shape index (κ1) is 18.7. The largest absolute Gasteiger partial charge is 0.356 e. The molecule has 2 atom stereocenters. The molecule has 24 heavy (non-hydrogen) atoms. The lowest BCUT2D eigenvalue weighted by Gasteiger charge is -2.25. The molecule has 1 aliphatic rings. The zero-order chi connectivity index (χ0) is 17.5. The molecule has 1 fully saturated rings. The average molecular weight is 352 g/mol. The first-order valence-corrected chi connectivity index (χ1v) is 8.81. The molecule has 1 aromatic rings. The Bertz CT molecular complexity index is 562. The summed E-state index contributed by atoms with van der Waals surface area (Å²) in [6.45, 7) is 2.81. The van der Waals surface area contributed by atoms with Gasteiger partial charge in [0.05, 0.1) is 0 Å². The zero-order valence-electron chi connectivity index (χ0n) is 14.3. The molecule has 0 unspecified atom stereocenters. The number of nitrogens with zero attached hydrogens (tertiary/aromatic N) is 1. The third-order valence-corrected chi connectivity index (χ3v) is 4.89. The van der Waals surface area contributed by atoms with Gasteiger partial charge in [-0.05, 0) is 44.0 Å². The number of nitrogens with one attached hydrogen (secondary N) is 2. The Morgan fingerprint density at radius 1 is 1.17 bits per heavy atom. The van der Waals surface area contributed by atoms with Gasteiger partial charge in [0.1, 0.15) is 0 Å². The van der Waals surface area contributed by atoms with Gasteiger partial charge in [0.15, 0.2) is 0 Å². The van der Waals surface area contributed by atoms with Gasteiger partial charge in [-0.15, -0.1) is 0 Å². The second-order valence-electron chi connectivity index (χ2n) is 6.42. The fraction of sp³-hybridized carbons (Fsp3) is 0.556. The number of amides is 2. The molecule has 132 valence electrons. The van der Waals surface area contributed by atoms with Gasteiger partial charge in [0.2, 0.25) is 11.8 Å². The van der Waals surface area contributed by atoms with Gasteiger partial charge in [-0.25, -0.2) is 0 Å². The van der Waals surface area contributed by atoms with Crippen molar-refractivity contribution < 1.29 is 9.59 Å². The molecule has 2 N–H and O–H groups in total. The van der Waals surface area contributed by atoms with E-state index in [1.54, 1.807) is 0 Å². The first-order chi connectivity index (χ1) is 11.5. The van der Waals surface area contributed by atoms with Crippen LogP contribution in [-0.2, 0) is 16.0 Å². The lowest BCUT2D eigenvalue weighted by molar-refractivity contribution is -0.122. The maximum Gasteiger partial charge on any atom is 0.221 e. The summed E-state index contributed by atoms with van der Waals surface area (Å²) in [4.78, 5) is 25.4. The summed E-state index contributed by atoms with van der Waals surface area (Å²) in [6.07, 6.45) is 3.31. The minimum absolute atomic E-state index is 0.00760. The van der Waals surface area contributed by atoms with Crippen molar-refractivity contribution in [1.29, 1.82) is 0 Å². The lowest BCUT2D eigenvalue weighted by atomic mass is 10.1. The average Bonchev–Trinajstić information content (AvgIpc) is 2.88. The molecular weight excluding hydrogens is 326 g/mol. The minimum atomic E-state index is -0.00760. The summed E-state index contributed by atoms with van der Waals surface area (Å²) in [6, 6.07) is 8.25. The molecule has 1 aromatic carbocycles. The highest BCUT2D eigenvalue weighted by Crippen LogP contribution is 2.24. The third-order valence-electron chi connectivity index (χ3n) is 4.64. The summed E-state index contributed by atoms with van der Waals surface area (Å²) in [5, 5.41) is 6.57. The molecule has 1 aliphatic heterocycles. The Kier molecular flexibility index (Phi) is 7.06. The van der Waals surface area contributed by atoms with Gasteiger partial charge in [0.25, 0.3) is 0 Å². The first-order valence-electron chi connectivity index (χ1n) is 8.43. The Balaban J connectivity index is 1.68. The quantitative estimate of drug-likeness (QED) is 0.789. The van der Waals surface area contributed by atoms with Crippen LogP contribution in [0.25, 0.3) is 0 Å². The summed E-state index contributed by atoms with van der Waals surface area (Å²) in [5.74, 6) is 0.0767. The monoisotopic (exact) mass is 351 g/mol. The van der Waals surface area contributed by atoms with E-state index in [4.69, 9.17) is 11.6 Å². The highest BCUT2D eigenvalue weighted by Gasteiger charge is 2.31. The number of halogens is 1. The second kappa shape index (κ2) is 9.04. The van der Waals surface area contributed by atoms with Crippen molar-refractivity contribution in [2.75, 3.05) is 20.1 Å². The van der Waals surface area contributed by atoms with E-state index in [9.17, 15) is 9.59 Å². The minimum Gasteiger partial charge on any atom is -0.356 e. The van der Waals surface area contributed by atoms with E-state index < -0.39 is 0 Å². The number of hydrogen-bond acceptors (Lipinski definition) is 3. The van der Waals surface area contributed by atoms with E-state index in [0.717, 1.165) is 29.8 Å². The van der Waals surface area contributed by atoms with Gasteiger partial charge in [-0.2, -0.15) is 0 Å². The van der Waals surface area contributed by atoms with Crippen LogP contribution in [-0.4, -0.2) is 48.9 Å². The smallest absolute Gasteiger partial charge is 0.221 e. The SMILES string of the molecule is CC(=O)NC[C@H]1CC[C@@H](CC(=O)NCCc2ccc(Cl)cc2)N1C. The number of hydrogen-bond donors (Lipinski definition) is 2. The standard InChI is InChI=1S/C18H26ClN3O2/c1-13(23)21-12-17-8-7-16(22(17)2)11-18(24)20-10-9-14-3-5-15(19)6-4-14/h3-6,16-17H,7-12H2,1-2H3,(H,20,24)(H,21,23)/t16-,17+/m0/s1. The third kappa shape index (κ3) is 5.80. The molecule has 0 bridgehead atoms. The van der Waals surface area contributed by atoms with Crippen LogP contribution in [0.3, 0.4) is 0 Å². The summed E-state index contributed by atoms with van der Waals surface area (Å²) in [5.41, 5.74) is 1.16. The number of likely N-dealkylation sites (tertiary alicyclic amines) is 1. The summed E-state index contributed by atoms with van der Waals surface area (Å²) < 4.78 is 0. The van der Waals surface area contributed by atoms with E-state index in [1.165, 1.54) is 6.92 Å². The Morgan fingerprint density at radius 3 is 2.50 bits per heavy atom. The van der Waals surface area contributed by atoms with Crippen molar-refractivity contribution in [1.82, 2.24) is 15.5 Å². The molecule has 2 rings (SSSR count). The highest BCUT2D eigenvalue weighted by atomic mass is 35.5. The predicted molar refractivity (Wildman–Crippen MR) is 96.0 cm³/mol. The van der Waals surface area contributed by atoms with Gasteiger partial charge < -0.3 is 10.6 Å². The number of likely N-dealkylation sites (N-methyl/N-ethyl adjacent to an activating group) is 1. The van der Waals surface area contributed by atoms with Gasteiger partial charge in [0, 0.05) is 43.5 Å². The van der Waals surface area contributed by atoms with Crippen molar-refractivity contribution in [2.45, 2.75) is 44.7 Å². The molecule has 6 heteroatoms. The molecular formula is C18H26ClN3O2. The van der Waals surface area contributed by atoms with Gasteiger partial charge in [-0.1, -0.05) is 23.7 Å². The lowest BCUT2D eigenvalue weighted by Crippen LogP contribution is -2.42. The van der Waals surface area contributed by atoms with Crippen molar-refractivity contribution in [3.63, 3.8) is 0 Å². The van der Waals surface area contributed by atoms with Crippen molar-refractivity contribution in [3.05, 3.63) is 34.9 Å². The number of benzene rings is 1. The molecule has 5 nitrogen and oxygen atoms in total. The normalized spacial score (nSPS) is 20.8. The van der Waals surface area contributed by atoms with Crippen LogP contribution >= 0.6 is 11.6 Å². The van der Waals surface area contributed by atoms with Crippen LogP contribution < -0.4 is 10.6 Å². The Hall–Kier alpha value is -1.59. The topological polar surface area (TPSA) is 61.4 Å². The van der Waals surface area contributed by atoms with Crippen LogP contribution in [0.4, 0.5) is 0 Å². The number of carbonyl (C=O) groups is 2. The second-order valence-corrected chi connectivity index (χ2v) is 6.85. The Labute approximate surface area is 148 Å². The number of carbonyl (C=O) groups excluding carboxylic acids is 2. The fourth-order valence-electron chi connectivity index (χ4n) is 3.13. The summed E-state index contributed by atoms with van der Waals surface area (Å²) in [7, 11) is 2.03. The van der Waals surface area contributed by atoms with Crippen molar-refractivity contribution in [3.8, 4) is 0 Å².